The van der Waals surface area contributed by atoms with Crippen molar-refractivity contribution in [3.05, 3.63) is 59.7 Å². The summed E-state index contributed by atoms with van der Waals surface area (Å²) >= 11 is 1.20. The molecule has 28 heavy (non-hydrogen) atoms. The number of fused-ring (bicyclic) bond motifs is 1. The summed E-state index contributed by atoms with van der Waals surface area (Å²) in [5.74, 6) is 0.535. The van der Waals surface area contributed by atoms with Crippen molar-refractivity contribution in [2.75, 3.05) is 13.1 Å². The van der Waals surface area contributed by atoms with Crippen LogP contribution in [0, 0.1) is 0 Å². The van der Waals surface area contributed by atoms with E-state index < -0.39 is 10.0 Å². The van der Waals surface area contributed by atoms with Crippen molar-refractivity contribution in [1.82, 2.24) is 9.62 Å². The molecule has 1 aliphatic heterocycles. The molecule has 1 aromatic carbocycles. The van der Waals surface area contributed by atoms with Crippen LogP contribution in [0.3, 0.4) is 0 Å². The van der Waals surface area contributed by atoms with Gasteiger partial charge in [0, 0.05) is 30.6 Å². The van der Waals surface area contributed by atoms with Gasteiger partial charge in [-0.2, -0.15) is 0 Å². The molecule has 1 fully saturated rings. The average Bonchev–Trinajstić information content (AvgIpc) is 3.36. The van der Waals surface area contributed by atoms with Gasteiger partial charge < -0.3 is 9.32 Å². The molecule has 0 atom stereocenters. The summed E-state index contributed by atoms with van der Waals surface area (Å²) in [6.45, 7) is 1.03. The van der Waals surface area contributed by atoms with E-state index in [-0.39, 0.29) is 11.9 Å². The Morgan fingerprint density at radius 3 is 2.68 bits per heavy atom. The van der Waals surface area contributed by atoms with Gasteiger partial charge in [0.2, 0.25) is 15.9 Å². The summed E-state index contributed by atoms with van der Waals surface area (Å²) in [6, 6.07) is 12.7. The number of nitrogens with zero attached hydrogens (tertiary/aromatic N) is 1. The minimum absolute atomic E-state index is 0.0972. The smallest absolute Gasteiger partial charge is 0.250 e. The zero-order valence-electron chi connectivity index (χ0n) is 15.1. The fourth-order valence-electron chi connectivity index (χ4n) is 3.25. The first kappa shape index (κ1) is 18.9. The van der Waals surface area contributed by atoms with Crippen LogP contribution in [-0.4, -0.2) is 38.4 Å². The lowest BCUT2D eigenvalue weighted by molar-refractivity contribution is -0.126. The van der Waals surface area contributed by atoms with Crippen LogP contribution in [0.2, 0.25) is 0 Å². The maximum absolute atomic E-state index is 12.4. The number of piperidine rings is 1. The van der Waals surface area contributed by atoms with Gasteiger partial charge in [0.15, 0.2) is 0 Å². The number of amides is 1. The number of likely N-dealkylation sites (tertiary alicyclic amines) is 1. The fourth-order valence-corrected chi connectivity index (χ4v) is 5.57. The molecule has 1 aliphatic rings. The van der Waals surface area contributed by atoms with Crippen LogP contribution < -0.4 is 4.72 Å². The Bertz CT molecular complexity index is 1060. The van der Waals surface area contributed by atoms with E-state index in [4.69, 9.17) is 4.42 Å². The highest BCUT2D eigenvalue weighted by Crippen LogP contribution is 2.21. The molecule has 2 aromatic heterocycles. The first-order chi connectivity index (χ1) is 13.5. The van der Waals surface area contributed by atoms with Crippen molar-refractivity contribution < 1.29 is 17.6 Å². The van der Waals surface area contributed by atoms with Gasteiger partial charge in [0.1, 0.15) is 15.6 Å². The molecule has 0 radical (unpaired) electrons. The Kier molecular flexibility index (Phi) is 5.34. The first-order valence-electron chi connectivity index (χ1n) is 9.03. The van der Waals surface area contributed by atoms with Crippen LogP contribution in [0.15, 0.2) is 62.5 Å². The van der Waals surface area contributed by atoms with E-state index in [1.807, 2.05) is 30.3 Å². The lowest BCUT2D eigenvalue weighted by Crippen LogP contribution is -2.46. The predicted octanol–water partition coefficient (Wildman–Crippen LogP) is 3.48. The van der Waals surface area contributed by atoms with Crippen LogP contribution >= 0.6 is 11.3 Å². The molecule has 0 aliphatic carbocycles. The van der Waals surface area contributed by atoms with Gasteiger partial charge in [-0.05, 0) is 42.5 Å². The quantitative estimate of drug-likeness (QED) is 0.646. The van der Waals surface area contributed by atoms with Crippen molar-refractivity contribution >= 4 is 44.3 Å². The third-order valence-electron chi connectivity index (χ3n) is 4.72. The van der Waals surface area contributed by atoms with Crippen molar-refractivity contribution in [1.29, 1.82) is 0 Å². The minimum Gasteiger partial charge on any atom is -0.457 e. The second-order valence-corrected chi connectivity index (χ2v) is 9.56. The van der Waals surface area contributed by atoms with Crippen LogP contribution in [-0.2, 0) is 14.8 Å². The molecular weight excluding hydrogens is 396 g/mol. The molecule has 1 amide bonds. The number of sulfonamides is 1. The fraction of sp³-hybridized carbons (Fsp3) is 0.250. The first-order valence-corrected chi connectivity index (χ1v) is 11.4. The minimum atomic E-state index is -3.47. The molecule has 0 saturated carbocycles. The average molecular weight is 417 g/mol. The second-order valence-electron chi connectivity index (χ2n) is 6.67. The monoisotopic (exact) mass is 416 g/mol. The van der Waals surface area contributed by atoms with E-state index in [0.717, 1.165) is 11.0 Å². The van der Waals surface area contributed by atoms with E-state index >= 15 is 0 Å². The van der Waals surface area contributed by atoms with Crippen LogP contribution in [0.4, 0.5) is 0 Å². The highest BCUT2D eigenvalue weighted by molar-refractivity contribution is 7.91. The largest absolute Gasteiger partial charge is 0.457 e. The summed E-state index contributed by atoms with van der Waals surface area (Å²) in [5, 5.41) is 2.73. The zero-order valence-corrected chi connectivity index (χ0v) is 16.7. The summed E-state index contributed by atoms with van der Waals surface area (Å²) in [4.78, 5) is 14.2. The van der Waals surface area contributed by atoms with Crippen molar-refractivity contribution in [2.45, 2.75) is 23.1 Å². The van der Waals surface area contributed by atoms with Crippen LogP contribution in [0.25, 0.3) is 17.0 Å². The normalized spacial score (nSPS) is 16.2. The van der Waals surface area contributed by atoms with Gasteiger partial charge in [-0.15, -0.1) is 11.3 Å². The maximum atomic E-state index is 12.4. The van der Waals surface area contributed by atoms with Gasteiger partial charge in [-0.25, -0.2) is 13.1 Å². The SMILES string of the molecule is O=C(/C=C/c1cc2ccccc2o1)N1CCC(NS(=O)(=O)c2cccs2)CC1. The molecule has 6 nitrogen and oxygen atoms in total. The van der Waals surface area contributed by atoms with Crippen molar-refractivity contribution in [3.8, 4) is 0 Å². The molecule has 1 N–H and O–H groups in total. The number of nitrogens with one attached hydrogen (secondary N) is 1. The summed E-state index contributed by atoms with van der Waals surface area (Å²) in [7, 11) is -3.47. The number of carbonyl (C=O) groups is 1. The van der Waals surface area contributed by atoms with Crippen molar-refractivity contribution in [3.63, 3.8) is 0 Å². The number of furan rings is 1. The lowest BCUT2D eigenvalue weighted by atomic mass is 10.1. The Morgan fingerprint density at radius 2 is 1.96 bits per heavy atom. The number of benzene rings is 1. The van der Waals surface area contributed by atoms with Gasteiger partial charge >= 0.3 is 0 Å². The lowest BCUT2D eigenvalue weighted by Gasteiger charge is -2.31. The highest BCUT2D eigenvalue weighted by atomic mass is 32.2. The third kappa shape index (κ3) is 4.19. The highest BCUT2D eigenvalue weighted by Gasteiger charge is 2.26. The van der Waals surface area contributed by atoms with E-state index in [2.05, 4.69) is 4.72 Å². The number of hydrogen-bond acceptors (Lipinski definition) is 5. The summed E-state index contributed by atoms with van der Waals surface area (Å²) in [5.41, 5.74) is 0.786. The molecule has 1 saturated heterocycles. The number of para-hydroxylation sites is 1. The second kappa shape index (κ2) is 7.90. The number of hydrogen-bond donors (Lipinski definition) is 1. The van der Waals surface area contributed by atoms with Gasteiger partial charge in [-0.3, -0.25) is 4.79 Å². The van der Waals surface area contributed by atoms with E-state index in [1.54, 1.807) is 28.5 Å². The molecule has 146 valence electrons. The zero-order chi connectivity index (χ0) is 19.6. The van der Waals surface area contributed by atoms with Gasteiger partial charge in [-0.1, -0.05) is 24.3 Å². The Balaban J connectivity index is 1.32. The van der Waals surface area contributed by atoms with E-state index in [0.29, 0.717) is 35.9 Å². The standard InChI is InChI=1S/C20H20N2O4S2/c23-19(8-7-17-14-15-4-1-2-5-18(15)26-17)22-11-9-16(10-12-22)21-28(24,25)20-6-3-13-27-20/h1-8,13-14,16,21H,9-12H2/b8-7+. The molecule has 8 heteroatoms. The van der Waals surface area contributed by atoms with Gasteiger partial charge in [0.05, 0.1) is 0 Å². The number of thiophene rings is 1. The summed E-state index contributed by atoms with van der Waals surface area (Å²) < 4.78 is 33.4. The molecule has 3 aromatic rings. The van der Waals surface area contributed by atoms with Crippen LogP contribution in [0.1, 0.15) is 18.6 Å². The van der Waals surface area contributed by atoms with Crippen molar-refractivity contribution in [2.24, 2.45) is 0 Å². The topological polar surface area (TPSA) is 79.6 Å². The summed E-state index contributed by atoms with van der Waals surface area (Å²) in [6.07, 6.45) is 4.37. The predicted molar refractivity (Wildman–Crippen MR) is 109 cm³/mol. The molecular formula is C20H20N2O4S2. The third-order valence-corrected chi connectivity index (χ3v) is 7.64. The Hall–Kier alpha value is -2.42. The van der Waals surface area contributed by atoms with Crippen LogP contribution in [0.5, 0.6) is 0 Å². The number of rotatable bonds is 5. The molecule has 0 spiro atoms. The van der Waals surface area contributed by atoms with E-state index in [9.17, 15) is 13.2 Å². The van der Waals surface area contributed by atoms with E-state index in [1.165, 1.54) is 17.4 Å². The molecule has 3 heterocycles. The molecule has 4 rings (SSSR count). The molecule has 0 unspecified atom stereocenters. The maximum Gasteiger partial charge on any atom is 0.250 e. The number of carbonyl (C=O) groups excluding carboxylic acids is 1. The van der Waals surface area contributed by atoms with Gasteiger partial charge in [0.25, 0.3) is 0 Å². The molecule has 0 bridgehead atoms. The Morgan fingerprint density at radius 1 is 1.18 bits per heavy atom. The Labute approximate surface area is 167 Å².